The van der Waals surface area contributed by atoms with E-state index in [4.69, 9.17) is 5.73 Å². The van der Waals surface area contributed by atoms with Crippen LogP contribution in [0.3, 0.4) is 0 Å². The van der Waals surface area contributed by atoms with Crippen molar-refractivity contribution in [3.8, 4) is 0 Å². The van der Waals surface area contributed by atoms with Crippen LogP contribution < -0.4 is 11.1 Å². The number of nitrogens with two attached hydrogens (primary N) is 1. The van der Waals surface area contributed by atoms with E-state index >= 15 is 0 Å². The Kier molecular flexibility index (Phi) is 6.60. The Morgan fingerprint density at radius 2 is 2.06 bits per heavy atom. The average molecular weight is 230 g/mol. The van der Waals surface area contributed by atoms with Crippen LogP contribution >= 0.6 is 0 Å². The number of carbonyl (C=O) groups excluding carboxylic acids is 1. The first-order valence-electron chi connectivity index (χ1n) is 6.01. The summed E-state index contributed by atoms with van der Waals surface area (Å²) in [5, 5.41) is 12.7. The molecule has 0 fully saturated rings. The van der Waals surface area contributed by atoms with E-state index in [9.17, 15) is 9.90 Å². The Labute approximate surface area is 98.6 Å². The maximum Gasteiger partial charge on any atom is 0.221 e. The van der Waals surface area contributed by atoms with Crippen LogP contribution in [0.1, 0.15) is 47.0 Å². The van der Waals surface area contributed by atoms with Gasteiger partial charge in [-0.25, -0.2) is 0 Å². The van der Waals surface area contributed by atoms with Gasteiger partial charge in [0.15, 0.2) is 0 Å². The summed E-state index contributed by atoms with van der Waals surface area (Å²) in [4.78, 5) is 11.4. The average Bonchev–Trinajstić information content (AvgIpc) is 2.13. The molecule has 0 aromatic carbocycles. The zero-order chi connectivity index (χ0) is 12.8. The summed E-state index contributed by atoms with van der Waals surface area (Å²) in [5.41, 5.74) is 4.84. The molecule has 16 heavy (non-hydrogen) atoms. The zero-order valence-electron chi connectivity index (χ0n) is 10.9. The minimum absolute atomic E-state index is 0.0848. The monoisotopic (exact) mass is 230 g/mol. The van der Waals surface area contributed by atoms with Crippen molar-refractivity contribution in [3.05, 3.63) is 0 Å². The molecule has 2 unspecified atom stereocenters. The van der Waals surface area contributed by atoms with Crippen LogP contribution in [-0.2, 0) is 4.79 Å². The second kappa shape index (κ2) is 6.86. The highest BCUT2D eigenvalue weighted by molar-refractivity contribution is 5.76. The summed E-state index contributed by atoms with van der Waals surface area (Å²) in [6.45, 7) is 8.08. The highest BCUT2D eigenvalue weighted by Gasteiger charge is 2.22. The van der Waals surface area contributed by atoms with Gasteiger partial charge in [-0.15, -0.1) is 0 Å². The Morgan fingerprint density at radius 1 is 1.50 bits per heavy atom. The normalized spacial score (nSPS) is 16.9. The van der Waals surface area contributed by atoms with Gasteiger partial charge in [-0.05, 0) is 25.7 Å². The van der Waals surface area contributed by atoms with Gasteiger partial charge in [-0.1, -0.05) is 20.8 Å². The van der Waals surface area contributed by atoms with Crippen LogP contribution in [0.2, 0.25) is 0 Å². The van der Waals surface area contributed by atoms with Gasteiger partial charge in [-0.2, -0.15) is 0 Å². The first-order chi connectivity index (χ1) is 7.26. The predicted octanol–water partition coefficient (Wildman–Crippen LogP) is 1.03. The molecule has 0 aromatic heterocycles. The van der Waals surface area contributed by atoms with Crippen LogP contribution in [-0.4, -0.2) is 29.2 Å². The molecule has 0 aromatic rings. The molecule has 0 aliphatic heterocycles. The van der Waals surface area contributed by atoms with Crippen molar-refractivity contribution >= 4 is 5.91 Å². The van der Waals surface area contributed by atoms with E-state index in [-0.39, 0.29) is 11.9 Å². The minimum Gasteiger partial charge on any atom is -0.388 e. The van der Waals surface area contributed by atoms with E-state index in [1.165, 1.54) is 0 Å². The lowest BCUT2D eigenvalue weighted by Crippen LogP contribution is -2.42. The quantitative estimate of drug-likeness (QED) is 0.611. The standard InChI is InChI=1S/C12H26N2O2/c1-5-10(13)6-11(15)14-8-12(4,16)7-9(2)3/h9-10,16H,5-8,13H2,1-4H3,(H,14,15). The van der Waals surface area contributed by atoms with Crippen molar-refractivity contribution in [2.45, 2.75) is 58.6 Å². The van der Waals surface area contributed by atoms with Crippen LogP contribution in [0.25, 0.3) is 0 Å². The molecule has 4 nitrogen and oxygen atoms in total. The molecule has 96 valence electrons. The van der Waals surface area contributed by atoms with Gasteiger partial charge >= 0.3 is 0 Å². The third kappa shape index (κ3) is 7.65. The SMILES string of the molecule is CCC(N)CC(=O)NCC(C)(O)CC(C)C. The van der Waals surface area contributed by atoms with Crippen molar-refractivity contribution in [2.24, 2.45) is 11.7 Å². The highest BCUT2D eigenvalue weighted by Crippen LogP contribution is 2.15. The van der Waals surface area contributed by atoms with Crippen molar-refractivity contribution in [1.82, 2.24) is 5.32 Å². The fraction of sp³-hybridized carbons (Fsp3) is 0.917. The van der Waals surface area contributed by atoms with E-state index in [0.717, 1.165) is 6.42 Å². The van der Waals surface area contributed by atoms with Crippen molar-refractivity contribution in [3.63, 3.8) is 0 Å². The Bertz CT molecular complexity index is 215. The molecule has 4 N–H and O–H groups in total. The summed E-state index contributed by atoms with van der Waals surface area (Å²) < 4.78 is 0. The molecule has 0 aliphatic carbocycles. The third-order valence-electron chi connectivity index (χ3n) is 2.49. The maximum absolute atomic E-state index is 11.4. The lowest BCUT2D eigenvalue weighted by atomic mass is 9.94. The minimum atomic E-state index is -0.833. The van der Waals surface area contributed by atoms with Gasteiger partial charge in [-0.3, -0.25) is 4.79 Å². The number of carbonyl (C=O) groups is 1. The summed E-state index contributed by atoms with van der Waals surface area (Å²) in [6, 6.07) is -0.0879. The summed E-state index contributed by atoms with van der Waals surface area (Å²) in [5.74, 6) is 0.322. The molecule has 0 radical (unpaired) electrons. The molecular formula is C12H26N2O2. The molecule has 0 saturated carbocycles. The van der Waals surface area contributed by atoms with Crippen LogP contribution in [0.4, 0.5) is 0 Å². The molecule has 4 heteroatoms. The second-order valence-electron chi connectivity index (χ2n) is 5.24. The number of nitrogens with one attached hydrogen (secondary N) is 1. The first-order valence-corrected chi connectivity index (χ1v) is 6.01. The maximum atomic E-state index is 11.4. The van der Waals surface area contributed by atoms with Crippen LogP contribution in [0.15, 0.2) is 0 Å². The van der Waals surface area contributed by atoms with Gasteiger partial charge in [0.05, 0.1) is 5.60 Å². The van der Waals surface area contributed by atoms with Gasteiger partial charge in [0.25, 0.3) is 0 Å². The topological polar surface area (TPSA) is 75.4 Å². The lowest BCUT2D eigenvalue weighted by Gasteiger charge is -2.25. The second-order valence-corrected chi connectivity index (χ2v) is 5.24. The van der Waals surface area contributed by atoms with E-state index in [1.54, 1.807) is 6.92 Å². The zero-order valence-corrected chi connectivity index (χ0v) is 10.9. The van der Waals surface area contributed by atoms with Crippen molar-refractivity contribution < 1.29 is 9.90 Å². The first kappa shape index (κ1) is 15.4. The van der Waals surface area contributed by atoms with Crippen LogP contribution in [0.5, 0.6) is 0 Å². The molecule has 0 heterocycles. The van der Waals surface area contributed by atoms with Gasteiger partial charge in [0, 0.05) is 19.0 Å². The molecule has 1 amide bonds. The fourth-order valence-electron chi connectivity index (χ4n) is 1.70. The summed E-state index contributed by atoms with van der Waals surface area (Å²) >= 11 is 0. The Balaban J connectivity index is 3.90. The van der Waals surface area contributed by atoms with Crippen molar-refractivity contribution in [1.29, 1.82) is 0 Å². The van der Waals surface area contributed by atoms with E-state index in [0.29, 0.717) is 25.3 Å². The molecule has 0 rings (SSSR count). The molecule has 0 saturated heterocycles. The molecule has 2 atom stereocenters. The number of amides is 1. The summed E-state index contributed by atoms with van der Waals surface area (Å²) in [6.07, 6.45) is 1.79. The van der Waals surface area contributed by atoms with E-state index < -0.39 is 5.60 Å². The fourth-order valence-corrected chi connectivity index (χ4v) is 1.70. The number of aliphatic hydroxyl groups is 1. The number of rotatable bonds is 7. The Hall–Kier alpha value is -0.610. The molecular weight excluding hydrogens is 204 g/mol. The molecule has 0 bridgehead atoms. The number of hydrogen-bond donors (Lipinski definition) is 3. The Morgan fingerprint density at radius 3 is 2.50 bits per heavy atom. The van der Waals surface area contributed by atoms with Gasteiger partial charge < -0.3 is 16.2 Å². The highest BCUT2D eigenvalue weighted by atomic mass is 16.3. The number of hydrogen-bond acceptors (Lipinski definition) is 3. The third-order valence-corrected chi connectivity index (χ3v) is 2.49. The largest absolute Gasteiger partial charge is 0.388 e. The lowest BCUT2D eigenvalue weighted by molar-refractivity contribution is -0.122. The van der Waals surface area contributed by atoms with E-state index in [1.807, 2.05) is 20.8 Å². The smallest absolute Gasteiger partial charge is 0.221 e. The molecule has 0 spiro atoms. The predicted molar refractivity (Wildman–Crippen MR) is 66.0 cm³/mol. The van der Waals surface area contributed by atoms with E-state index in [2.05, 4.69) is 5.32 Å². The van der Waals surface area contributed by atoms with Gasteiger partial charge in [0.1, 0.15) is 0 Å². The van der Waals surface area contributed by atoms with Crippen molar-refractivity contribution in [2.75, 3.05) is 6.54 Å². The van der Waals surface area contributed by atoms with Crippen LogP contribution in [0, 0.1) is 5.92 Å². The molecule has 0 aliphatic rings. The summed E-state index contributed by atoms with van der Waals surface area (Å²) in [7, 11) is 0. The van der Waals surface area contributed by atoms with Gasteiger partial charge in [0.2, 0.25) is 5.91 Å².